The lowest BCUT2D eigenvalue weighted by Gasteiger charge is -2.08. The molecule has 0 saturated heterocycles. The lowest BCUT2D eigenvalue weighted by Crippen LogP contribution is -2.28. The highest BCUT2D eigenvalue weighted by atomic mass is 32.1. The summed E-state index contributed by atoms with van der Waals surface area (Å²) in [6.45, 7) is 6.42. The second-order valence-corrected chi connectivity index (χ2v) is 7.04. The smallest absolute Gasteiger partial charge is 0.319 e. The number of nitrogens with zero attached hydrogens (tertiary/aromatic N) is 2. The molecule has 0 aliphatic heterocycles. The number of nitrogens with one attached hydrogen (secondary N) is 2. The van der Waals surface area contributed by atoms with E-state index in [9.17, 15) is 4.79 Å². The Morgan fingerprint density at radius 3 is 2.60 bits per heavy atom. The Hall–Kier alpha value is -2.73. The Balaban J connectivity index is 1.63. The van der Waals surface area contributed by atoms with Gasteiger partial charge >= 0.3 is 6.03 Å². The van der Waals surface area contributed by atoms with Crippen molar-refractivity contribution < 1.29 is 4.79 Å². The van der Waals surface area contributed by atoms with Gasteiger partial charge in [0.15, 0.2) is 0 Å². The van der Waals surface area contributed by atoms with Crippen LogP contribution in [0.25, 0.3) is 10.6 Å². The first-order chi connectivity index (χ1) is 12.0. The fourth-order valence-corrected chi connectivity index (χ4v) is 3.58. The maximum Gasteiger partial charge on any atom is 0.319 e. The van der Waals surface area contributed by atoms with Gasteiger partial charge in [-0.15, -0.1) is 11.3 Å². The van der Waals surface area contributed by atoms with Crippen molar-refractivity contribution in [3.63, 3.8) is 0 Å². The molecule has 5 nitrogen and oxygen atoms in total. The van der Waals surface area contributed by atoms with Gasteiger partial charge in [0.25, 0.3) is 0 Å². The first kappa shape index (κ1) is 17.1. The molecule has 3 aromatic rings. The lowest BCUT2D eigenvalue weighted by atomic mass is 10.1. The van der Waals surface area contributed by atoms with Gasteiger partial charge in [-0.25, -0.2) is 9.78 Å². The quantitative estimate of drug-likeness (QED) is 0.729. The van der Waals surface area contributed by atoms with E-state index < -0.39 is 0 Å². The Morgan fingerprint density at radius 2 is 1.92 bits per heavy atom. The van der Waals surface area contributed by atoms with Gasteiger partial charge in [-0.2, -0.15) is 0 Å². The molecule has 0 aliphatic carbocycles. The topological polar surface area (TPSA) is 66.9 Å². The Morgan fingerprint density at radius 1 is 1.16 bits per heavy atom. The molecule has 2 amide bonds. The minimum absolute atomic E-state index is 0.222. The van der Waals surface area contributed by atoms with Gasteiger partial charge < -0.3 is 10.6 Å². The molecule has 2 heterocycles. The van der Waals surface area contributed by atoms with E-state index >= 15 is 0 Å². The summed E-state index contributed by atoms with van der Waals surface area (Å²) in [5.41, 5.74) is 4.95. The molecule has 0 bridgehead atoms. The van der Waals surface area contributed by atoms with E-state index in [0.717, 1.165) is 38.0 Å². The number of rotatable bonds is 4. The summed E-state index contributed by atoms with van der Waals surface area (Å²) in [7, 11) is 0. The summed E-state index contributed by atoms with van der Waals surface area (Å²) in [6.07, 6.45) is 3.53. The van der Waals surface area contributed by atoms with Crippen molar-refractivity contribution in [2.75, 3.05) is 5.32 Å². The molecule has 128 valence electrons. The highest BCUT2D eigenvalue weighted by Crippen LogP contribution is 2.27. The molecule has 0 saturated carbocycles. The number of carbonyl (C=O) groups is 1. The predicted octanol–water partition coefficient (Wildman–Crippen LogP) is 4.45. The van der Waals surface area contributed by atoms with Gasteiger partial charge in [-0.1, -0.05) is 6.07 Å². The van der Waals surface area contributed by atoms with Crippen LogP contribution >= 0.6 is 11.3 Å². The zero-order valence-electron chi connectivity index (χ0n) is 14.5. The van der Waals surface area contributed by atoms with Crippen LogP contribution in [0.5, 0.6) is 0 Å². The van der Waals surface area contributed by atoms with Crippen molar-refractivity contribution in [2.45, 2.75) is 27.3 Å². The van der Waals surface area contributed by atoms with E-state index in [-0.39, 0.29) is 6.03 Å². The van der Waals surface area contributed by atoms with Crippen molar-refractivity contribution >= 4 is 23.1 Å². The third kappa shape index (κ3) is 4.42. The van der Waals surface area contributed by atoms with Crippen LogP contribution in [0.3, 0.4) is 0 Å². The van der Waals surface area contributed by atoms with E-state index in [2.05, 4.69) is 26.7 Å². The van der Waals surface area contributed by atoms with E-state index in [4.69, 9.17) is 0 Å². The number of thiazole rings is 1. The fourth-order valence-electron chi connectivity index (χ4n) is 2.59. The van der Waals surface area contributed by atoms with Crippen molar-refractivity contribution in [1.82, 2.24) is 15.3 Å². The summed E-state index contributed by atoms with van der Waals surface area (Å²) < 4.78 is 0. The zero-order chi connectivity index (χ0) is 17.8. The summed E-state index contributed by atoms with van der Waals surface area (Å²) in [5, 5.41) is 6.69. The van der Waals surface area contributed by atoms with Crippen LogP contribution < -0.4 is 10.6 Å². The highest BCUT2D eigenvalue weighted by molar-refractivity contribution is 7.15. The van der Waals surface area contributed by atoms with E-state index in [1.165, 1.54) is 0 Å². The van der Waals surface area contributed by atoms with E-state index in [1.54, 1.807) is 23.7 Å². The van der Waals surface area contributed by atoms with Crippen molar-refractivity contribution in [2.24, 2.45) is 0 Å². The maximum atomic E-state index is 12.1. The molecule has 3 rings (SSSR count). The number of aryl methyl sites for hydroxylation is 3. The van der Waals surface area contributed by atoms with Crippen LogP contribution in [0.4, 0.5) is 10.5 Å². The minimum Gasteiger partial charge on any atom is -0.333 e. The summed E-state index contributed by atoms with van der Waals surface area (Å²) >= 11 is 1.57. The maximum absolute atomic E-state index is 12.1. The number of pyridine rings is 1. The van der Waals surface area contributed by atoms with E-state index in [1.807, 2.05) is 45.0 Å². The van der Waals surface area contributed by atoms with Crippen LogP contribution in [-0.4, -0.2) is 16.0 Å². The molecule has 2 N–H and O–H groups in total. The fraction of sp³-hybridized carbons (Fsp3) is 0.211. The summed E-state index contributed by atoms with van der Waals surface area (Å²) in [5.74, 6) is 0. The molecule has 0 radical (unpaired) electrons. The molecule has 25 heavy (non-hydrogen) atoms. The predicted molar refractivity (Wildman–Crippen MR) is 102 cm³/mol. The molecular formula is C19H20N4OS. The van der Waals surface area contributed by atoms with Crippen molar-refractivity contribution in [1.29, 1.82) is 0 Å². The first-order valence-electron chi connectivity index (χ1n) is 8.01. The number of amides is 2. The largest absolute Gasteiger partial charge is 0.333 e. The van der Waals surface area contributed by atoms with Gasteiger partial charge in [-0.3, -0.25) is 4.98 Å². The second kappa shape index (κ2) is 7.44. The number of anilines is 1. The van der Waals surface area contributed by atoms with Crippen LogP contribution in [-0.2, 0) is 6.54 Å². The molecule has 0 spiro atoms. The van der Waals surface area contributed by atoms with Crippen molar-refractivity contribution in [3.8, 4) is 10.6 Å². The molecule has 0 unspecified atom stereocenters. The van der Waals surface area contributed by atoms with Gasteiger partial charge in [0, 0.05) is 28.5 Å². The average Bonchev–Trinajstić information content (AvgIpc) is 2.94. The monoisotopic (exact) mass is 352 g/mol. The number of hydrogen-bond acceptors (Lipinski definition) is 4. The third-order valence-electron chi connectivity index (χ3n) is 3.69. The van der Waals surface area contributed by atoms with E-state index in [0.29, 0.717) is 6.54 Å². The SMILES string of the molecule is Cc1cc(C)cc(NC(=O)NCc2sc(-c3cccnc3)nc2C)c1. The molecule has 0 aliphatic rings. The summed E-state index contributed by atoms with van der Waals surface area (Å²) in [6, 6.07) is 9.62. The Labute approximate surface area is 151 Å². The van der Waals surface area contributed by atoms with Gasteiger partial charge in [0.2, 0.25) is 0 Å². The minimum atomic E-state index is -0.222. The highest BCUT2D eigenvalue weighted by Gasteiger charge is 2.11. The van der Waals surface area contributed by atoms with Gasteiger partial charge in [-0.05, 0) is 56.2 Å². The van der Waals surface area contributed by atoms with Crippen LogP contribution in [0, 0.1) is 20.8 Å². The number of carbonyl (C=O) groups excluding carboxylic acids is 1. The molecular weight excluding hydrogens is 332 g/mol. The zero-order valence-corrected chi connectivity index (χ0v) is 15.3. The number of urea groups is 1. The van der Waals surface area contributed by atoms with Gasteiger partial charge in [0.1, 0.15) is 5.01 Å². The third-order valence-corrected chi connectivity index (χ3v) is 4.90. The molecule has 2 aromatic heterocycles. The standard InChI is InChI=1S/C19H20N4OS/c1-12-7-13(2)9-16(8-12)23-19(24)21-11-17-14(3)22-18(25-17)15-5-4-6-20-10-15/h4-10H,11H2,1-3H3,(H2,21,23,24). The summed E-state index contributed by atoms with van der Waals surface area (Å²) in [4.78, 5) is 21.9. The Kier molecular flexibility index (Phi) is 5.09. The molecule has 0 fully saturated rings. The lowest BCUT2D eigenvalue weighted by molar-refractivity contribution is 0.252. The first-order valence-corrected chi connectivity index (χ1v) is 8.83. The van der Waals surface area contributed by atoms with Crippen LogP contribution in [0.15, 0.2) is 42.7 Å². The molecule has 6 heteroatoms. The normalized spacial score (nSPS) is 10.5. The van der Waals surface area contributed by atoms with Crippen molar-refractivity contribution in [3.05, 3.63) is 64.4 Å². The average molecular weight is 352 g/mol. The van der Waals surface area contributed by atoms with Crippen LogP contribution in [0.2, 0.25) is 0 Å². The molecule has 0 atom stereocenters. The Bertz CT molecular complexity index is 869. The van der Waals surface area contributed by atoms with Crippen LogP contribution in [0.1, 0.15) is 21.7 Å². The molecule has 1 aromatic carbocycles. The number of hydrogen-bond donors (Lipinski definition) is 2. The number of aromatic nitrogens is 2. The second-order valence-electron chi connectivity index (χ2n) is 5.95. The number of benzene rings is 1. The van der Waals surface area contributed by atoms with Gasteiger partial charge in [0.05, 0.1) is 12.2 Å².